The van der Waals surface area contributed by atoms with E-state index < -0.39 is 28.4 Å². The van der Waals surface area contributed by atoms with Gasteiger partial charge in [-0.25, -0.2) is 13.2 Å². The van der Waals surface area contributed by atoms with E-state index in [-0.39, 0.29) is 22.8 Å². The van der Waals surface area contributed by atoms with Gasteiger partial charge in [0.25, 0.3) is 10.0 Å². The summed E-state index contributed by atoms with van der Waals surface area (Å²) in [4.78, 5) is 25.0. The molecule has 3 aromatic carbocycles. The fourth-order valence-corrected chi connectivity index (χ4v) is 4.67. The number of nitrogens with one attached hydrogen (secondary N) is 1. The second kappa shape index (κ2) is 10.8. The van der Waals surface area contributed by atoms with Crippen molar-refractivity contribution in [2.24, 2.45) is 0 Å². The molecule has 0 fully saturated rings. The summed E-state index contributed by atoms with van der Waals surface area (Å²) in [7, 11) is -2.67. The number of esters is 1. The van der Waals surface area contributed by atoms with Crippen molar-refractivity contribution in [3.63, 3.8) is 0 Å². The molecule has 34 heavy (non-hydrogen) atoms. The van der Waals surface area contributed by atoms with Crippen LogP contribution in [0.1, 0.15) is 22.8 Å². The van der Waals surface area contributed by atoms with Crippen molar-refractivity contribution in [2.75, 3.05) is 29.9 Å². The van der Waals surface area contributed by atoms with Crippen LogP contribution in [-0.2, 0) is 19.6 Å². The zero-order valence-electron chi connectivity index (χ0n) is 19.1. The Kier molecular flexibility index (Phi) is 7.91. The summed E-state index contributed by atoms with van der Waals surface area (Å²) in [5, 5.41) is 2.66. The van der Waals surface area contributed by atoms with Crippen LogP contribution in [0, 0.1) is 6.92 Å². The van der Waals surface area contributed by atoms with Crippen LogP contribution >= 0.6 is 0 Å². The van der Waals surface area contributed by atoms with Crippen LogP contribution < -0.4 is 14.4 Å². The van der Waals surface area contributed by atoms with Crippen molar-refractivity contribution < 1.29 is 27.5 Å². The predicted octanol–water partition coefficient (Wildman–Crippen LogP) is 4.01. The smallest absolute Gasteiger partial charge is 0.338 e. The van der Waals surface area contributed by atoms with Crippen LogP contribution in [0.5, 0.6) is 5.75 Å². The molecule has 0 aliphatic heterocycles. The summed E-state index contributed by atoms with van der Waals surface area (Å²) < 4.78 is 38.4. The number of sulfonamides is 1. The second-order valence-electron chi connectivity index (χ2n) is 7.35. The van der Waals surface area contributed by atoms with Crippen LogP contribution in [0.3, 0.4) is 0 Å². The molecule has 0 atom stereocenters. The third-order valence-corrected chi connectivity index (χ3v) is 6.68. The van der Waals surface area contributed by atoms with Gasteiger partial charge in [-0.3, -0.25) is 9.10 Å². The van der Waals surface area contributed by atoms with Gasteiger partial charge in [0.05, 0.1) is 29.9 Å². The lowest BCUT2D eigenvalue weighted by Gasteiger charge is -2.25. The normalized spacial score (nSPS) is 10.9. The van der Waals surface area contributed by atoms with Crippen LogP contribution in [0.2, 0.25) is 0 Å². The van der Waals surface area contributed by atoms with E-state index in [9.17, 15) is 18.0 Å². The summed E-state index contributed by atoms with van der Waals surface area (Å²) in [6, 6.07) is 19.2. The first-order valence-electron chi connectivity index (χ1n) is 10.6. The van der Waals surface area contributed by atoms with Gasteiger partial charge in [0, 0.05) is 5.69 Å². The average Bonchev–Trinajstić information content (AvgIpc) is 2.83. The summed E-state index contributed by atoms with van der Waals surface area (Å²) in [6.07, 6.45) is 0. The molecule has 8 nitrogen and oxygen atoms in total. The lowest BCUT2D eigenvalue weighted by atomic mass is 10.2. The number of ether oxygens (including phenoxy) is 2. The van der Waals surface area contributed by atoms with Crippen molar-refractivity contribution in [1.29, 1.82) is 0 Å². The standard InChI is InChI=1S/C25H26N2O6S/c1-4-33-25(29)19-8-7-9-20(16-19)26-24(28)17-27(22-10-5-6-11-23(22)32-3)34(30,31)21-14-12-18(2)13-15-21/h5-16H,4,17H2,1-3H3,(H,26,28). The van der Waals surface area contributed by atoms with Gasteiger partial charge in [0.2, 0.25) is 5.91 Å². The van der Waals surface area contributed by atoms with Gasteiger partial charge < -0.3 is 14.8 Å². The van der Waals surface area contributed by atoms with Gasteiger partial charge in [-0.05, 0) is 56.3 Å². The number of aryl methyl sites for hydroxylation is 1. The van der Waals surface area contributed by atoms with Crippen LogP contribution in [0.15, 0.2) is 77.7 Å². The molecule has 3 rings (SSSR count). The Morgan fingerprint density at radius 2 is 1.68 bits per heavy atom. The van der Waals surface area contributed by atoms with Crippen LogP contribution in [-0.4, -0.2) is 40.6 Å². The van der Waals surface area contributed by atoms with Crippen molar-refractivity contribution in [3.8, 4) is 5.75 Å². The number of amides is 1. The van der Waals surface area contributed by atoms with E-state index in [0.717, 1.165) is 9.87 Å². The highest BCUT2D eigenvalue weighted by molar-refractivity contribution is 7.92. The first-order chi connectivity index (χ1) is 16.3. The number of hydrogen-bond donors (Lipinski definition) is 1. The highest BCUT2D eigenvalue weighted by Crippen LogP contribution is 2.32. The number of rotatable bonds is 9. The van der Waals surface area contributed by atoms with Crippen LogP contribution in [0.4, 0.5) is 11.4 Å². The van der Waals surface area contributed by atoms with Crippen molar-refractivity contribution in [2.45, 2.75) is 18.7 Å². The Morgan fingerprint density at radius 3 is 2.35 bits per heavy atom. The average molecular weight is 483 g/mol. The molecule has 0 saturated heterocycles. The molecule has 0 saturated carbocycles. The van der Waals surface area contributed by atoms with Crippen molar-refractivity contribution >= 4 is 33.3 Å². The quantitative estimate of drug-likeness (QED) is 0.462. The van der Waals surface area contributed by atoms with Crippen molar-refractivity contribution in [1.82, 2.24) is 0 Å². The van der Waals surface area contributed by atoms with Gasteiger partial charge in [0.1, 0.15) is 12.3 Å². The maximum absolute atomic E-state index is 13.5. The summed E-state index contributed by atoms with van der Waals surface area (Å²) in [5.41, 5.74) is 1.74. The molecule has 0 aliphatic carbocycles. The third-order valence-electron chi connectivity index (χ3n) is 4.91. The van der Waals surface area contributed by atoms with E-state index in [1.54, 1.807) is 61.5 Å². The molecule has 3 aromatic rings. The fraction of sp³-hybridized carbons (Fsp3) is 0.200. The molecule has 1 N–H and O–H groups in total. The maximum Gasteiger partial charge on any atom is 0.338 e. The summed E-state index contributed by atoms with van der Waals surface area (Å²) in [6.45, 7) is 3.26. The number of carbonyl (C=O) groups is 2. The number of carbonyl (C=O) groups excluding carboxylic acids is 2. The highest BCUT2D eigenvalue weighted by atomic mass is 32.2. The molecule has 0 aliphatic rings. The number of benzene rings is 3. The lowest BCUT2D eigenvalue weighted by Crippen LogP contribution is -2.38. The first kappa shape index (κ1) is 24.8. The van der Waals surface area contributed by atoms with Crippen LogP contribution in [0.25, 0.3) is 0 Å². The monoisotopic (exact) mass is 482 g/mol. The van der Waals surface area contributed by atoms with Crippen molar-refractivity contribution in [3.05, 3.63) is 83.9 Å². The number of hydrogen-bond acceptors (Lipinski definition) is 6. The second-order valence-corrected chi connectivity index (χ2v) is 9.21. The van der Waals surface area contributed by atoms with Gasteiger partial charge in [-0.2, -0.15) is 0 Å². The van der Waals surface area contributed by atoms with Gasteiger partial charge in [-0.1, -0.05) is 35.9 Å². The number of anilines is 2. The minimum atomic E-state index is -4.10. The first-order valence-corrected chi connectivity index (χ1v) is 12.0. The number of methoxy groups -OCH3 is 1. The topological polar surface area (TPSA) is 102 Å². The minimum absolute atomic E-state index is 0.0427. The minimum Gasteiger partial charge on any atom is -0.495 e. The Morgan fingerprint density at radius 1 is 0.971 bits per heavy atom. The molecule has 0 spiro atoms. The molecule has 178 valence electrons. The van der Waals surface area contributed by atoms with E-state index in [1.165, 1.54) is 25.3 Å². The zero-order chi connectivity index (χ0) is 24.7. The Bertz CT molecular complexity index is 1270. The third kappa shape index (κ3) is 5.74. The van der Waals surface area contributed by atoms with E-state index in [1.807, 2.05) is 6.92 Å². The highest BCUT2D eigenvalue weighted by Gasteiger charge is 2.29. The number of nitrogens with zero attached hydrogens (tertiary/aromatic N) is 1. The largest absolute Gasteiger partial charge is 0.495 e. The maximum atomic E-state index is 13.5. The molecule has 0 radical (unpaired) electrons. The Balaban J connectivity index is 1.93. The molecular weight excluding hydrogens is 456 g/mol. The predicted molar refractivity (Wildman–Crippen MR) is 130 cm³/mol. The van der Waals surface area contributed by atoms with E-state index in [2.05, 4.69) is 5.32 Å². The molecule has 0 aromatic heterocycles. The Hall–Kier alpha value is -3.85. The molecule has 0 heterocycles. The molecule has 1 amide bonds. The molecule has 9 heteroatoms. The SMILES string of the molecule is CCOC(=O)c1cccc(NC(=O)CN(c2ccccc2OC)S(=O)(=O)c2ccc(C)cc2)c1. The zero-order valence-corrected chi connectivity index (χ0v) is 20.0. The van der Waals surface area contributed by atoms with Gasteiger partial charge >= 0.3 is 5.97 Å². The molecule has 0 unspecified atom stereocenters. The number of para-hydroxylation sites is 2. The van der Waals surface area contributed by atoms with E-state index in [4.69, 9.17) is 9.47 Å². The Labute approximate surface area is 199 Å². The summed E-state index contributed by atoms with van der Waals surface area (Å²) in [5.74, 6) is -0.811. The van der Waals surface area contributed by atoms with E-state index in [0.29, 0.717) is 11.4 Å². The van der Waals surface area contributed by atoms with Gasteiger partial charge in [-0.15, -0.1) is 0 Å². The molecular formula is C25H26N2O6S. The lowest BCUT2D eigenvalue weighted by molar-refractivity contribution is -0.114. The summed E-state index contributed by atoms with van der Waals surface area (Å²) >= 11 is 0. The fourth-order valence-electron chi connectivity index (χ4n) is 3.24. The van der Waals surface area contributed by atoms with Gasteiger partial charge in [0.15, 0.2) is 0 Å². The van der Waals surface area contributed by atoms with E-state index >= 15 is 0 Å². The molecule has 0 bridgehead atoms.